The molecular weight excluding hydrogens is 274 g/mol. The van der Waals surface area contributed by atoms with Crippen molar-refractivity contribution in [2.24, 2.45) is 0 Å². The van der Waals surface area contributed by atoms with Crippen molar-refractivity contribution in [2.45, 2.75) is 43.2 Å². The Morgan fingerprint density at radius 1 is 1.50 bits per heavy atom. The van der Waals surface area contributed by atoms with Gasteiger partial charge in [-0.25, -0.2) is 8.42 Å². The Balaban J connectivity index is 2.18. The van der Waals surface area contributed by atoms with Crippen molar-refractivity contribution in [3.05, 3.63) is 12.4 Å². The van der Waals surface area contributed by atoms with Crippen LogP contribution in [0.25, 0.3) is 0 Å². The molecule has 1 aromatic rings. The molecule has 1 saturated carbocycles. The van der Waals surface area contributed by atoms with Crippen LogP contribution in [0.1, 0.15) is 25.7 Å². The van der Waals surface area contributed by atoms with E-state index in [1.807, 2.05) is 0 Å². The quantitative estimate of drug-likeness (QED) is 0.776. The van der Waals surface area contributed by atoms with Crippen LogP contribution in [0, 0.1) is 0 Å². The zero-order valence-electron chi connectivity index (χ0n) is 10.4. The van der Waals surface area contributed by atoms with Crippen LogP contribution in [0.2, 0.25) is 0 Å². The van der Waals surface area contributed by atoms with E-state index < -0.39 is 10.0 Å². The van der Waals surface area contributed by atoms with Crippen molar-refractivity contribution < 1.29 is 8.42 Å². The average Bonchev–Trinajstić information content (AvgIpc) is 2.99. The standard InChI is InChI=1S/C11H18ClN3O2S/c1-14(10-4-2-3-5-10)18(16,17)11-8-13-15(9-11)7-6-12/h8-10H,2-7H2,1H3. The summed E-state index contributed by atoms with van der Waals surface area (Å²) < 4.78 is 27.8. The highest BCUT2D eigenvalue weighted by Crippen LogP contribution is 2.26. The molecule has 1 heterocycles. The Labute approximate surface area is 113 Å². The molecule has 0 radical (unpaired) electrons. The molecule has 1 fully saturated rings. The number of nitrogens with zero attached hydrogens (tertiary/aromatic N) is 3. The summed E-state index contributed by atoms with van der Waals surface area (Å²) in [6.45, 7) is 0.518. The van der Waals surface area contributed by atoms with Gasteiger partial charge in [-0.1, -0.05) is 12.8 Å². The molecule has 2 rings (SSSR count). The molecule has 0 amide bonds. The summed E-state index contributed by atoms with van der Waals surface area (Å²) in [6, 6.07) is 0.131. The second-order valence-corrected chi connectivity index (χ2v) is 6.96. The average molecular weight is 292 g/mol. The van der Waals surface area contributed by atoms with Crippen LogP contribution in [0.4, 0.5) is 0 Å². The lowest BCUT2D eigenvalue weighted by Crippen LogP contribution is -2.35. The highest BCUT2D eigenvalue weighted by Gasteiger charge is 2.30. The van der Waals surface area contributed by atoms with Gasteiger partial charge in [0.25, 0.3) is 0 Å². The Kier molecular flexibility index (Phi) is 4.29. The predicted molar refractivity (Wildman–Crippen MR) is 70.2 cm³/mol. The van der Waals surface area contributed by atoms with E-state index >= 15 is 0 Å². The SMILES string of the molecule is CN(C1CCCC1)S(=O)(=O)c1cnn(CCCl)c1. The second-order valence-electron chi connectivity index (χ2n) is 4.59. The van der Waals surface area contributed by atoms with Crippen molar-refractivity contribution in [2.75, 3.05) is 12.9 Å². The summed E-state index contributed by atoms with van der Waals surface area (Å²) in [5, 5.41) is 4.01. The molecule has 0 N–H and O–H groups in total. The highest BCUT2D eigenvalue weighted by atomic mass is 35.5. The summed E-state index contributed by atoms with van der Waals surface area (Å²) in [4.78, 5) is 0.252. The van der Waals surface area contributed by atoms with Gasteiger partial charge in [0.1, 0.15) is 4.90 Å². The molecule has 1 aliphatic rings. The third-order valence-electron chi connectivity index (χ3n) is 3.44. The number of rotatable bonds is 5. The first-order valence-corrected chi connectivity index (χ1v) is 8.09. The molecular formula is C11H18ClN3O2S. The molecule has 7 heteroatoms. The third kappa shape index (κ3) is 2.70. The first-order valence-electron chi connectivity index (χ1n) is 6.12. The molecule has 0 bridgehead atoms. The molecule has 5 nitrogen and oxygen atoms in total. The minimum absolute atomic E-state index is 0.131. The van der Waals surface area contributed by atoms with E-state index in [2.05, 4.69) is 5.10 Å². The number of aryl methyl sites for hydroxylation is 1. The maximum atomic E-state index is 12.4. The van der Waals surface area contributed by atoms with Gasteiger partial charge in [-0.2, -0.15) is 9.40 Å². The van der Waals surface area contributed by atoms with E-state index in [0.717, 1.165) is 25.7 Å². The molecule has 0 atom stereocenters. The van der Waals surface area contributed by atoms with Gasteiger partial charge in [-0.3, -0.25) is 4.68 Å². The lowest BCUT2D eigenvalue weighted by molar-refractivity contribution is 0.373. The minimum atomic E-state index is -3.41. The Hall–Kier alpha value is -0.590. The van der Waals surface area contributed by atoms with E-state index in [0.29, 0.717) is 12.4 Å². The largest absolute Gasteiger partial charge is 0.270 e. The molecule has 1 aliphatic carbocycles. The van der Waals surface area contributed by atoms with E-state index in [9.17, 15) is 8.42 Å². The fourth-order valence-corrected chi connectivity index (χ4v) is 3.86. The lowest BCUT2D eigenvalue weighted by Gasteiger charge is -2.22. The van der Waals surface area contributed by atoms with Gasteiger partial charge < -0.3 is 0 Å². The van der Waals surface area contributed by atoms with Crippen LogP contribution < -0.4 is 0 Å². The summed E-state index contributed by atoms with van der Waals surface area (Å²) in [7, 11) is -1.76. The predicted octanol–water partition coefficient (Wildman–Crippen LogP) is 1.68. The van der Waals surface area contributed by atoms with E-state index in [-0.39, 0.29) is 10.9 Å². The fraction of sp³-hybridized carbons (Fsp3) is 0.727. The number of alkyl halides is 1. The summed E-state index contributed by atoms with van der Waals surface area (Å²) in [5.74, 6) is 0.416. The molecule has 0 saturated heterocycles. The lowest BCUT2D eigenvalue weighted by atomic mass is 10.3. The molecule has 0 aromatic carbocycles. The summed E-state index contributed by atoms with van der Waals surface area (Å²) in [6.07, 6.45) is 7.06. The number of sulfonamides is 1. The van der Waals surface area contributed by atoms with Gasteiger partial charge >= 0.3 is 0 Å². The monoisotopic (exact) mass is 291 g/mol. The van der Waals surface area contributed by atoms with Crippen molar-refractivity contribution in [3.8, 4) is 0 Å². The van der Waals surface area contributed by atoms with Crippen molar-refractivity contribution in [3.63, 3.8) is 0 Å². The topological polar surface area (TPSA) is 55.2 Å². The number of aromatic nitrogens is 2. The van der Waals surface area contributed by atoms with Gasteiger partial charge in [0, 0.05) is 25.2 Å². The van der Waals surface area contributed by atoms with Crippen LogP contribution in [0.5, 0.6) is 0 Å². The van der Waals surface area contributed by atoms with Crippen LogP contribution in [0.15, 0.2) is 17.3 Å². The highest BCUT2D eigenvalue weighted by molar-refractivity contribution is 7.89. The van der Waals surface area contributed by atoms with Crippen LogP contribution in [0.3, 0.4) is 0 Å². The van der Waals surface area contributed by atoms with Crippen molar-refractivity contribution in [1.29, 1.82) is 0 Å². The van der Waals surface area contributed by atoms with Crippen LogP contribution in [-0.4, -0.2) is 41.5 Å². The maximum Gasteiger partial charge on any atom is 0.246 e. The number of halogens is 1. The first kappa shape index (κ1) is 13.8. The minimum Gasteiger partial charge on any atom is -0.270 e. The van der Waals surface area contributed by atoms with Gasteiger partial charge in [-0.05, 0) is 12.8 Å². The number of hydrogen-bond donors (Lipinski definition) is 0. The van der Waals surface area contributed by atoms with Crippen molar-refractivity contribution in [1.82, 2.24) is 14.1 Å². The van der Waals surface area contributed by atoms with Gasteiger partial charge in [0.15, 0.2) is 0 Å². The Bertz CT molecular complexity index is 494. The second kappa shape index (κ2) is 5.59. The van der Waals surface area contributed by atoms with E-state index in [4.69, 9.17) is 11.6 Å². The van der Waals surface area contributed by atoms with Gasteiger partial charge in [-0.15, -0.1) is 11.6 Å². The van der Waals surface area contributed by atoms with Crippen molar-refractivity contribution >= 4 is 21.6 Å². The van der Waals surface area contributed by atoms with E-state index in [1.54, 1.807) is 17.9 Å². The van der Waals surface area contributed by atoms with Gasteiger partial charge in [0.05, 0.1) is 12.7 Å². The van der Waals surface area contributed by atoms with Gasteiger partial charge in [0.2, 0.25) is 10.0 Å². The summed E-state index contributed by atoms with van der Waals surface area (Å²) in [5.41, 5.74) is 0. The molecule has 0 aliphatic heterocycles. The van der Waals surface area contributed by atoms with Crippen LogP contribution >= 0.6 is 11.6 Å². The van der Waals surface area contributed by atoms with Crippen LogP contribution in [-0.2, 0) is 16.6 Å². The maximum absolute atomic E-state index is 12.4. The molecule has 102 valence electrons. The zero-order valence-corrected chi connectivity index (χ0v) is 12.0. The summed E-state index contributed by atoms with van der Waals surface area (Å²) >= 11 is 5.61. The smallest absolute Gasteiger partial charge is 0.246 e. The fourth-order valence-electron chi connectivity index (χ4n) is 2.32. The molecule has 0 spiro atoms. The first-order chi connectivity index (χ1) is 8.55. The molecule has 18 heavy (non-hydrogen) atoms. The molecule has 1 aromatic heterocycles. The van der Waals surface area contributed by atoms with E-state index in [1.165, 1.54) is 10.5 Å². The molecule has 0 unspecified atom stereocenters. The number of hydrogen-bond acceptors (Lipinski definition) is 3. The third-order valence-corrected chi connectivity index (χ3v) is 5.47. The zero-order chi connectivity index (χ0) is 13.2. The Morgan fingerprint density at radius 3 is 2.78 bits per heavy atom. The normalized spacial score (nSPS) is 17.7. The Morgan fingerprint density at radius 2 is 2.17 bits per heavy atom.